The molecule has 2 N–H and O–H groups in total. The number of hydrogen-bond acceptors (Lipinski definition) is 3. The van der Waals surface area contributed by atoms with Crippen LogP contribution in [0.4, 0.5) is 0 Å². The first-order valence-corrected chi connectivity index (χ1v) is 6.89. The van der Waals surface area contributed by atoms with Crippen molar-refractivity contribution in [2.24, 2.45) is 23.0 Å². The van der Waals surface area contributed by atoms with Crippen molar-refractivity contribution in [2.75, 3.05) is 6.54 Å². The Bertz CT molecular complexity index is 452. The topological polar surface area (TPSA) is 52.3 Å². The number of terminal acetylenes is 1. The number of carbonyl (C=O) groups is 1. The highest BCUT2D eigenvalue weighted by Crippen LogP contribution is 2.59. The zero-order chi connectivity index (χ0) is 14.3. The molecule has 0 aromatic carbocycles. The molecule has 1 fully saturated rings. The van der Waals surface area contributed by atoms with Gasteiger partial charge in [-0.15, -0.1) is 6.42 Å². The van der Waals surface area contributed by atoms with Gasteiger partial charge in [0.05, 0.1) is 6.42 Å². The summed E-state index contributed by atoms with van der Waals surface area (Å²) in [4.78, 5) is 12.0. The molecule has 3 nitrogen and oxygen atoms in total. The van der Waals surface area contributed by atoms with E-state index in [1.807, 2.05) is 20.8 Å². The van der Waals surface area contributed by atoms with Crippen molar-refractivity contribution in [3.05, 3.63) is 11.6 Å². The molecule has 0 aromatic heterocycles. The Morgan fingerprint density at radius 3 is 2.84 bits per heavy atom. The van der Waals surface area contributed by atoms with E-state index in [9.17, 15) is 4.79 Å². The van der Waals surface area contributed by atoms with E-state index >= 15 is 0 Å². The van der Waals surface area contributed by atoms with Gasteiger partial charge in [-0.3, -0.25) is 4.79 Å². The summed E-state index contributed by atoms with van der Waals surface area (Å²) in [6.07, 6.45) is 9.95. The molecule has 0 aliphatic heterocycles. The normalized spacial score (nSPS) is 32.9. The lowest BCUT2D eigenvalue weighted by molar-refractivity contribution is -0.162. The smallest absolute Gasteiger partial charge is 0.306 e. The number of esters is 1. The number of allylic oxidation sites excluding steroid dienone is 2. The Kier molecular flexibility index (Phi) is 3.49. The number of carbonyl (C=O) groups excluding carboxylic acids is 1. The molecular formula is C16H23NO2. The highest BCUT2D eigenvalue weighted by molar-refractivity contribution is 5.71. The first-order valence-electron chi connectivity index (χ1n) is 6.89. The van der Waals surface area contributed by atoms with Crippen LogP contribution in [0.25, 0.3) is 0 Å². The molecule has 0 saturated heterocycles. The van der Waals surface area contributed by atoms with Gasteiger partial charge in [0.2, 0.25) is 0 Å². The number of hydrogen-bond donors (Lipinski definition) is 1. The minimum absolute atomic E-state index is 0.133. The van der Waals surface area contributed by atoms with Crippen LogP contribution in [0.15, 0.2) is 11.6 Å². The highest BCUT2D eigenvalue weighted by Gasteiger charge is 2.55. The molecule has 2 rings (SSSR count). The summed E-state index contributed by atoms with van der Waals surface area (Å²) in [6.45, 7) is 6.17. The molecule has 1 saturated carbocycles. The maximum atomic E-state index is 12.0. The summed E-state index contributed by atoms with van der Waals surface area (Å²) < 4.78 is 5.42. The largest absolute Gasteiger partial charge is 0.460 e. The summed E-state index contributed by atoms with van der Waals surface area (Å²) in [5.41, 5.74) is 6.43. The third kappa shape index (κ3) is 2.69. The van der Waals surface area contributed by atoms with Crippen molar-refractivity contribution >= 4 is 5.97 Å². The molecule has 3 atom stereocenters. The minimum atomic E-state index is -0.439. The maximum absolute atomic E-state index is 12.0. The second kappa shape index (κ2) is 4.68. The van der Waals surface area contributed by atoms with E-state index in [1.54, 1.807) is 0 Å². The van der Waals surface area contributed by atoms with Crippen LogP contribution in [-0.4, -0.2) is 18.1 Å². The predicted molar refractivity (Wildman–Crippen MR) is 75.1 cm³/mol. The molecule has 0 radical (unpaired) electrons. The SMILES string of the molecule is C#CC1=C[C@@H]2[C@H](C1)C[C@]2(CN)CC(=O)OC(C)(C)C. The van der Waals surface area contributed by atoms with Gasteiger partial charge in [-0.2, -0.15) is 0 Å². The average molecular weight is 261 g/mol. The molecule has 19 heavy (non-hydrogen) atoms. The standard InChI is InChI=1S/C16H23NO2/c1-5-11-6-12-8-16(10-17,13(12)7-11)9-14(18)19-15(2,3)4/h1,7,12-13H,6,8-10,17H2,2-4H3/t12-,13-,16-/m1/s1. The lowest BCUT2D eigenvalue weighted by Crippen LogP contribution is -2.51. The quantitative estimate of drug-likeness (QED) is 0.626. The van der Waals surface area contributed by atoms with E-state index in [2.05, 4.69) is 12.0 Å². The van der Waals surface area contributed by atoms with Crippen LogP contribution in [0.1, 0.15) is 40.0 Å². The van der Waals surface area contributed by atoms with Gasteiger partial charge in [-0.1, -0.05) is 12.0 Å². The van der Waals surface area contributed by atoms with Gasteiger partial charge in [0.1, 0.15) is 5.60 Å². The van der Waals surface area contributed by atoms with E-state index in [4.69, 9.17) is 16.9 Å². The lowest BCUT2D eigenvalue weighted by Gasteiger charge is -2.51. The summed E-state index contributed by atoms with van der Waals surface area (Å²) in [6, 6.07) is 0. The molecule has 0 unspecified atom stereocenters. The monoisotopic (exact) mass is 261 g/mol. The molecule has 2 aliphatic rings. The summed E-state index contributed by atoms with van der Waals surface area (Å²) >= 11 is 0. The Labute approximate surface area is 115 Å². The fraction of sp³-hybridized carbons (Fsp3) is 0.688. The second-order valence-corrected chi connectivity index (χ2v) is 6.86. The van der Waals surface area contributed by atoms with Gasteiger partial charge in [-0.05, 0) is 63.0 Å². The van der Waals surface area contributed by atoms with E-state index in [-0.39, 0.29) is 11.4 Å². The van der Waals surface area contributed by atoms with Crippen molar-refractivity contribution in [2.45, 2.75) is 45.6 Å². The molecule has 0 aromatic rings. The fourth-order valence-corrected chi connectivity index (χ4v) is 3.46. The Morgan fingerprint density at radius 1 is 1.63 bits per heavy atom. The van der Waals surface area contributed by atoms with Crippen molar-refractivity contribution in [3.8, 4) is 12.3 Å². The molecule has 0 amide bonds. The molecule has 0 bridgehead atoms. The minimum Gasteiger partial charge on any atom is -0.460 e. The fourth-order valence-electron chi connectivity index (χ4n) is 3.46. The number of fused-ring (bicyclic) bond motifs is 1. The first kappa shape index (κ1) is 14.1. The zero-order valence-corrected chi connectivity index (χ0v) is 12.0. The highest BCUT2D eigenvalue weighted by atomic mass is 16.6. The molecular weight excluding hydrogens is 238 g/mol. The predicted octanol–water partition coefficient (Wildman–Crippen LogP) is 2.26. The van der Waals surface area contributed by atoms with Crippen LogP contribution in [-0.2, 0) is 9.53 Å². The number of rotatable bonds is 3. The zero-order valence-electron chi connectivity index (χ0n) is 12.0. The van der Waals surface area contributed by atoms with E-state index < -0.39 is 5.60 Å². The second-order valence-electron chi connectivity index (χ2n) is 6.86. The Balaban J connectivity index is 2.04. The van der Waals surface area contributed by atoms with Gasteiger partial charge < -0.3 is 10.5 Å². The van der Waals surface area contributed by atoms with Gasteiger partial charge in [0.15, 0.2) is 0 Å². The van der Waals surface area contributed by atoms with Crippen LogP contribution in [0.5, 0.6) is 0 Å². The van der Waals surface area contributed by atoms with Crippen molar-refractivity contribution in [1.82, 2.24) is 0 Å². The van der Waals surface area contributed by atoms with E-state index in [1.165, 1.54) is 0 Å². The van der Waals surface area contributed by atoms with Crippen LogP contribution in [0, 0.1) is 29.6 Å². The van der Waals surface area contributed by atoms with Crippen LogP contribution < -0.4 is 5.73 Å². The van der Waals surface area contributed by atoms with Gasteiger partial charge >= 0.3 is 5.97 Å². The van der Waals surface area contributed by atoms with Gasteiger partial charge in [0, 0.05) is 0 Å². The molecule has 0 spiro atoms. The first-order chi connectivity index (χ1) is 8.79. The maximum Gasteiger partial charge on any atom is 0.306 e. The summed E-state index contributed by atoms with van der Waals surface area (Å²) in [5.74, 6) is 3.51. The van der Waals surface area contributed by atoms with Crippen molar-refractivity contribution in [1.29, 1.82) is 0 Å². The molecule has 2 aliphatic carbocycles. The lowest BCUT2D eigenvalue weighted by atomic mass is 9.53. The van der Waals surface area contributed by atoms with Crippen LogP contribution >= 0.6 is 0 Å². The third-order valence-corrected chi connectivity index (χ3v) is 4.25. The molecule has 104 valence electrons. The molecule has 3 heteroatoms. The summed E-state index contributed by atoms with van der Waals surface area (Å²) in [5, 5.41) is 0. The Morgan fingerprint density at radius 2 is 2.32 bits per heavy atom. The molecule has 0 heterocycles. The van der Waals surface area contributed by atoms with Gasteiger partial charge in [0.25, 0.3) is 0 Å². The van der Waals surface area contributed by atoms with E-state index in [0.29, 0.717) is 24.8 Å². The van der Waals surface area contributed by atoms with Crippen LogP contribution in [0.3, 0.4) is 0 Å². The average Bonchev–Trinajstić information content (AvgIpc) is 2.62. The Hall–Kier alpha value is -1.27. The van der Waals surface area contributed by atoms with Crippen molar-refractivity contribution < 1.29 is 9.53 Å². The third-order valence-electron chi connectivity index (χ3n) is 4.25. The van der Waals surface area contributed by atoms with Crippen LogP contribution in [0.2, 0.25) is 0 Å². The number of nitrogens with two attached hydrogens (primary N) is 1. The summed E-state index contributed by atoms with van der Waals surface area (Å²) in [7, 11) is 0. The van der Waals surface area contributed by atoms with E-state index in [0.717, 1.165) is 18.4 Å². The van der Waals surface area contributed by atoms with Crippen molar-refractivity contribution in [3.63, 3.8) is 0 Å². The number of ether oxygens (including phenoxy) is 1. The van der Waals surface area contributed by atoms with Gasteiger partial charge in [-0.25, -0.2) is 0 Å².